The number of methoxy groups -OCH3 is 2. The van der Waals surface area contributed by atoms with Crippen LogP contribution in [0.4, 0.5) is 11.5 Å². The highest BCUT2D eigenvalue weighted by Gasteiger charge is 2.41. The van der Waals surface area contributed by atoms with Gasteiger partial charge in [-0.1, -0.05) is 0 Å². The number of fused-ring (bicyclic) bond motifs is 3. The molecule has 9 rings (SSSR count). The van der Waals surface area contributed by atoms with E-state index >= 15 is 0 Å². The first-order chi connectivity index (χ1) is 27.3. The molecule has 3 fully saturated rings. The third-order valence-electron chi connectivity index (χ3n) is 11.8. The lowest BCUT2D eigenvalue weighted by atomic mass is 9.85. The number of aromatic nitrogens is 5. The minimum Gasteiger partial charge on any atom is -0.496 e. The molecule has 5 aromatic rings. The molecular weight excluding hydrogens is 717 g/mol. The Hall–Kier alpha value is -6.03. The van der Waals surface area contributed by atoms with E-state index in [9.17, 15) is 19.2 Å². The average molecular weight is 761 g/mol. The van der Waals surface area contributed by atoms with Gasteiger partial charge in [-0.2, -0.15) is 14.7 Å². The van der Waals surface area contributed by atoms with Crippen molar-refractivity contribution in [2.75, 3.05) is 57.2 Å². The van der Waals surface area contributed by atoms with Crippen LogP contribution in [-0.2, 0) is 16.1 Å². The van der Waals surface area contributed by atoms with Crippen molar-refractivity contribution in [3.05, 3.63) is 71.7 Å². The molecule has 1 atom stereocenters. The molecule has 4 aliphatic rings. The first-order valence-electron chi connectivity index (χ1n) is 19.3. The first-order valence-corrected chi connectivity index (χ1v) is 19.3. The molecular formula is C40H44N10O6. The van der Waals surface area contributed by atoms with Gasteiger partial charge in [0.2, 0.25) is 11.8 Å². The summed E-state index contributed by atoms with van der Waals surface area (Å²) in [5.41, 5.74) is 4.20. The van der Waals surface area contributed by atoms with Crippen molar-refractivity contribution in [2.24, 2.45) is 5.92 Å². The van der Waals surface area contributed by atoms with Crippen molar-refractivity contribution in [2.45, 2.75) is 57.2 Å². The Kier molecular flexibility index (Phi) is 9.27. The Balaban J connectivity index is 0.794. The third-order valence-corrected chi connectivity index (χ3v) is 11.8. The van der Waals surface area contributed by atoms with E-state index < -0.39 is 11.9 Å². The van der Waals surface area contributed by atoms with Gasteiger partial charge in [0.05, 0.1) is 43.1 Å². The molecule has 3 aliphatic heterocycles. The Morgan fingerprint density at radius 1 is 0.964 bits per heavy atom. The van der Waals surface area contributed by atoms with Crippen molar-refractivity contribution in [1.82, 2.24) is 39.5 Å². The number of nitrogens with zero attached hydrogens (tertiary/aromatic N) is 8. The quantitative estimate of drug-likeness (QED) is 0.211. The summed E-state index contributed by atoms with van der Waals surface area (Å²) in [4.78, 5) is 61.9. The second kappa shape index (κ2) is 14.6. The standard InChI is InChI=1S/C40H44N10O6/c1-55-32-19-30-25(17-29(32)38(52)43-35-20-41-34-4-3-11-42-50(34)35)23-49(45-30)27-7-5-24(6-8-27)21-46-12-14-47(15-13-46)28-16-26-22-48(31-9-10-36(51)44-39(31)53)40(54)37(26)33(18-28)56-2/h3-4,11,16-20,23-24,27,31H,5-10,12-15,21-22H2,1-2H3,(H,43,52)(H,44,51,53). The summed E-state index contributed by atoms with van der Waals surface area (Å²) in [6.07, 6.45) is 10.1. The van der Waals surface area contributed by atoms with Crippen LogP contribution in [-0.4, -0.2) is 111 Å². The molecule has 1 aliphatic carbocycles. The van der Waals surface area contributed by atoms with Crippen LogP contribution in [0.5, 0.6) is 11.5 Å². The zero-order valence-electron chi connectivity index (χ0n) is 31.4. The van der Waals surface area contributed by atoms with Crippen molar-refractivity contribution in [1.29, 1.82) is 0 Å². The summed E-state index contributed by atoms with van der Waals surface area (Å²) in [5.74, 6) is 0.790. The number of amides is 4. The number of ether oxygens (including phenoxy) is 2. The first kappa shape index (κ1) is 35.7. The van der Waals surface area contributed by atoms with E-state index in [1.165, 1.54) is 0 Å². The fourth-order valence-corrected chi connectivity index (χ4v) is 8.85. The number of nitrogens with one attached hydrogen (secondary N) is 2. The van der Waals surface area contributed by atoms with E-state index in [-0.39, 0.29) is 30.2 Å². The number of hydrogen-bond acceptors (Lipinski definition) is 11. The van der Waals surface area contributed by atoms with Crippen LogP contribution in [0.25, 0.3) is 16.6 Å². The molecule has 16 nitrogen and oxygen atoms in total. The maximum absolute atomic E-state index is 13.4. The Morgan fingerprint density at radius 3 is 2.54 bits per heavy atom. The third kappa shape index (κ3) is 6.56. The van der Waals surface area contributed by atoms with Gasteiger partial charge in [-0.05, 0) is 67.9 Å². The molecule has 16 heteroatoms. The zero-order valence-corrected chi connectivity index (χ0v) is 31.4. The monoisotopic (exact) mass is 760 g/mol. The molecule has 0 bridgehead atoms. The molecule has 0 spiro atoms. The van der Waals surface area contributed by atoms with Gasteiger partial charge < -0.3 is 24.6 Å². The van der Waals surface area contributed by atoms with Crippen LogP contribution in [0.2, 0.25) is 0 Å². The molecule has 0 radical (unpaired) electrons. The van der Waals surface area contributed by atoms with E-state index in [2.05, 4.69) is 41.3 Å². The second-order valence-corrected chi connectivity index (χ2v) is 15.2. The number of rotatable bonds is 9. The van der Waals surface area contributed by atoms with Crippen molar-refractivity contribution < 1.29 is 28.7 Å². The molecule has 4 amide bonds. The molecule has 2 saturated heterocycles. The van der Waals surface area contributed by atoms with E-state index in [0.717, 1.165) is 80.6 Å². The van der Waals surface area contributed by atoms with Gasteiger partial charge in [-0.25, -0.2) is 4.98 Å². The van der Waals surface area contributed by atoms with E-state index in [4.69, 9.17) is 14.6 Å². The van der Waals surface area contributed by atoms with E-state index in [1.54, 1.807) is 42.1 Å². The number of benzene rings is 2. The lowest BCUT2D eigenvalue weighted by molar-refractivity contribution is -0.136. The largest absolute Gasteiger partial charge is 0.496 e. The normalized spacial score (nSPS) is 21.8. The van der Waals surface area contributed by atoms with Crippen molar-refractivity contribution >= 4 is 51.7 Å². The Morgan fingerprint density at radius 2 is 1.77 bits per heavy atom. The Bertz CT molecular complexity index is 2360. The maximum Gasteiger partial charge on any atom is 0.260 e. The van der Waals surface area contributed by atoms with Crippen molar-refractivity contribution in [3.63, 3.8) is 0 Å². The molecule has 2 aromatic carbocycles. The molecule has 3 aromatic heterocycles. The average Bonchev–Trinajstić information content (AvgIpc) is 3.92. The summed E-state index contributed by atoms with van der Waals surface area (Å²) in [5, 5.41) is 15.4. The predicted octanol–water partition coefficient (Wildman–Crippen LogP) is 3.66. The zero-order chi connectivity index (χ0) is 38.5. The van der Waals surface area contributed by atoms with Gasteiger partial charge >= 0.3 is 0 Å². The SMILES string of the molecule is COc1cc2nn(C3CCC(CN4CCN(c5cc6c(c(OC)c5)C(=O)N(C5CCC(=O)NC5=O)C6)CC4)CC3)cc2cc1C(=O)Nc1cnc2cccnn12. The minimum atomic E-state index is -0.662. The second-order valence-electron chi connectivity index (χ2n) is 15.2. The van der Waals surface area contributed by atoms with E-state index in [1.807, 2.05) is 30.5 Å². The summed E-state index contributed by atoms with van der Waals surface area (Å²) in [6.45, 7) is 4.98. The molecule has 1 unspecified atom stereocenters. The lowest BCUT2D eigenvalue weighted by Crippen LogP contribution is -2.52. The van der Waals surface area contributed by atoms with Gasteiger partial charge in [0.15, 0.2) is 11.5 Å². The number of piperidine rings is 1. The highest BCUT2D eigenvalue weighted by atomic mass is 16.5. The number of anilines is 2. The van der Waals surface area contributed by atoms with Gasteiger partial charge in [0.25, 0.3) is 11.8 Å². The van der Waals surface area contributed by atoms with Gasteiger partial charge in [0.1, 0.15) is 17.5 Å². The number of piperazine rings is 1. The fourth-order valence-electron chi connectivity index (χ4n) is 8.85. The summed E-state index contributed by atoms with van der Waals surface area (Å²) in [6, 6.07) is 10.9. The number of hydrogen-bond donors (Lipinski definition) is 2. The number of carbonyl (C=O) groups excluding carboxylic acids is 4. The summed E-state index contributed by atoms with van der Waals surface area (Å²) in [7, 11) is 3.13. The molecule has 2 N–H and O–H groups in total. The van der Waals surface area contributed by atoms with Gasteiger partial charge in [0, 0.05) is 81.3 Å². The van der Waals surface area contributed by atoms with Crippen LogP contribution in [0.1, 0.15) is 70.8 Å². The number of carbonyl (C=O) groups is 4. The minimum absolute atomic E-state index is 0.220. The molecule has 290 valence electrons. The number of imide groups is 1. The van der Waals surface area contributed by atoms with Crippen LogP contribution < -0.4 is 25.0 Å². The van der Waals surface area contributed by atoms with Crippen LogP contribution in [0.3, 0.4) is 0 Å². The lowest BCUT2D eigenvalue weighted by Gasteiger charge is -2.39. The van der Waals surface area contributed by atoms with Crippen molar-refractivity contribution in [3.8, 4) is 11.5 Å². The molecule has 56 heavy (non-hydrogen) atoms. The molecule has 6 heterocycles. The van der Waals surface area contributed by atoms with Gasteiger partial charge in [-0.15, -0.1) is 0 Å². The fraction of sp³-hybridized carbons (Fsp3) is 0.425. The maximum atomic E-state index is 13.4. The van der Waals surface area contributed by atoms with E-state index in [0.29, 0.717) is 53.0 Å². The van der Waals surface area contributed by atoms with Crippen LogP contribution >= 0.6 is 0 Å². The summed E-state index contributed by atoms with van der Waals surface area (Å²) < 4.78 is 15.0. The Labute approximate surface area is 322 Å². The molecule has 1 saturated carbocycles. The topological polar surface area (TPSA) is 169 Å². The predicted molar refractivity (Wildman–Crippen MR) is 206 cm³/mol. The highest BCUT2D eigenvalue weighted by molar-refractivity contribution is 6.08. The summed E-state index contributed by atoms with van der Waals surface area (Å²) >= 11 is 0. The van der Waals surface area contributed by atoms with Crippen LogP contribution in [0.15, 0.2) is 55.0 Å². The highest BCUT2D eigenvalue weighted by Crippen LogP contribution is 2.38. The smallest absolute Gasteiger partial charge is 0.260 e. The number of imidazole rings is 1. The van der Waals surface area contributed by atoms with Crippen LogP contribution in [0, 0.1) is 5.92 Å². The van der Waals surface area contributed by atoms with Gasteiger partial charge in [-0.3, -0.25) is 34.1 Å².